The van der Waals surface area contributed by atoms with E-state index in [4.69, 9.17) is 0 Å². The number of aryl methyl sites for hydroxylation is 1. The van der Waals surface area contributed by atoms with Crippen LogP contribution in [0.25, 0.3) is 0 Å². The zero-order valence-electron chi connectivity index (χ0n) is 16.0. The minimum Gasteiger partial charge on any atom is -0.331 e. The molecule has 3 aromatic rings. The minimum atomic E-state index is -0.334. The van der Waals surface area contributed by atoms with E-state index in [1.165, 1.54) is 23.3 Å². The summed E-state index contributed by atoms with van der Waals surface area (Å²) in [7, 11) is 0. The summed E-state index contributed by atoms with van der Waals surface area (Å²) in [6.07, 6.45) is 6.05. The first-order valence-corrected chi connectivity index (χ1v) is 9.69. The topological polar surface area (TPSA) is 38.1 Å². The Morgan fingerprint density at radius 3 is 2.54 bits per heavy atom. The maximum atomic E-state index is 13.2. The van der Waals surface area contributed by atoms with Gasteiger partial charge < -0.3 is 9.47 Å². The molecule has 1 aromatic heterocycles. The van der Waals surface area contributed by atoms with Gasteiger partial charge in [-0.25, -0.2) is 9.37 Å². The molecule has 0 radical (unpaired) electrons. The second kappa shape index (κ2) is 7.97. The molecule has 1 saturated carbocycles. The Balaban J connectivity index is 1.52. The van der Waals surface area contributed by atoms with Crippen LogP contribution < -0.4 is 0 Å². The normalized spacial score (nSPS) is 13.5. The number of nitrogens with zero attached hydrogens (tertiary/aromatic N) is 3. The number of halogens is 1. The van der Waals surface area contributed by atoms with Gasteiger partial charge in [-0.1, -0.05) is 29.8 Å². The number of rotatable bonds is 7. The van der Waals surface area contributed by atoms with Gasteiger partial charge in [0.2, 0.25) is 0 Å². The van der Waals surface area contributed by atoms with E-state index >= 15 is 0 Å². The summed E-state index contributed by atoms with van der Waals surface area (Å²) < 4.78 is 15.3. The van der Waals surface area contributed by atoms with Crippen LogP contribution in [0.3, 0.4) is 0 Å². The van der Waals surface area contributed by atoms with Crippen molar-refractivity contribution in [1.82, 2.24) is 14.5 Å². The summed E-state index contributed by atoms with van der Waals surface area (Å²) in [6.45, 7) is 3.96. The molecule has 144 valence electrons. The van der Waals surface area contributed by atoms with Crippen LogP contribution in [-0.4, -0.2) is 26.9 Å². The van der Waals surface area contributed by atoms with Crippen molar-refractivity contribution >= 4 is 5.91 Å². The molecule has 5 heteroatoms. The fraction of sp³-hybridized carbons (Fsp3) is 0.304. The Morgan fingerprint density at radius 1 is 1.14 bits per heavy atom. The first-order valence-electron chi connectivity index (χ1n) is 9.69. The lowest BCUT2D eigenvalue weighted by Crippen LogP contribution is -2.33. The van der Waals surface area contributed by atoms with Crippen LogP contribution in [-0.2, 0) is 13.1 Å². The van der Waals surface area contributed by atoms with E-state index in [0.717, 1.165) is 25.2 Å². The molecule has 1 amide bonds. The molecule has 1 fully saturated rings. The van der Waals surface area contributed by atoms with Crippen molar-refractivity contribution in [3.05, 3.63) is 89.3 Å². The predicted octanol–water partition coefficient (Wildman–Crippen LogP) is 4.43. The second-order valence-electron chi connectivity index (χ2n) is 7.59. The number of amides is 1. The van der Waals surface area contributed by atoms with Gasteiger partial charge in [0, 0.05) is 31.0 Å². The van der Waals surface area contributed by atoms with Crippen LogP contribution >= 0.6 is 0 Å². The van der Waals surface area contributed by atoms with E-state index < -0.39 is 0 Å². The summed E-state index contributed by atoms with van der Waals surface area (Å²) in [5, 5.41) is 0. The van der Waals surface area contributed by atoms with E-state index in [0.29, 0.717) is 24.6 Å². The monoisotopic (exact) mass is 377 g/mol. The predicted molar refractivity (Wildman–Crippen MR) is 106 cm³/mol. The van der Waals surface area contributed by atoms with Crippen molar-refractivity contribution in [3.8, 4) is 0 Å². The molecule has 4 rings (SSSR count). The number of aromatic nitrogens is 2. The lowest BCUT2D eigenvalue weighted by molar-refractivity contribution is 0.0728. The van der Waals surface area contributed by atoms with Gasteiger partial charge in [0.15, 0.2) is 0 Å². The van der Waals surface area contributed by atoms with Gasteiger partial charge in [-0.05, 0) is 55.5 Å². The fourth-order valence-corrected chi connectivity index (χ4v) is 3.30. The number of benzene rings is 2. The third-order valence-electron chi connectivity index (χ3n) is 5.16. The van der Waals surface area contributed by atoms with E-state index in [-0.39, 0.29) is 11.7 Å². The third-order valence-corrected chi connectivity index (χ3v) is 5.16. The summed E-state index contributed by atoms with van der Waals surface area (Å²) in [5.41, 5.74) is 2.94. The smallest absolute Gasteiger partial charge is 0.254 e. The number of imidazole rings is 1. The average Bonchev–Trinajstić information content (AvgIpc) is 3.41. The van der Waals surface area contributed by atoms with Gasteiger partial charge in [-0.3, -0.25) is 4.79 Å². The summed E-state index contributed by atoms with van der Waals surface area (Å²) >= 11 is 0. The highest BCUT2D eigenvalue weighted by Crippen LogP contribution is 2.30. The molecular formula is C23H24FN3O. The molecule has 0 bridgehead atoms. The van der Waals surface area contributed by atoms with E-state index in [2.05, 4.69) is 40.7 Å². The van der Waals surface area contributed by atoms with Crippen LogP contribution in [0.1, 0.15) is 40.2 Å². The van der Waals surface area contributed by atoms with Gasteiger partial charge in [-0.15, -0.1) is 0 Å². The first kappa shape index (κ1) is 18.4. The zero-order valence-corrected chi connectivity index (χ0v) is 16.0. The molecule has 2 aromatic carbocycles. The van der Waals surface area contributed by atoms with Gasteiger partial charge in [0.05, 0.1) is 6.54 Å². The van der Waals surface area contributed by atoms with E-state index in [9.17, 15) is 9.18 Å². The Hall–Kier alpha value is -2.95. The molecule has 0 N–H and O–H groups in total. The van der Waals surface area contributed by atoms with Crippen molar-refractivity contribution in [2.45, 2.75) is 32.9 Å². The SMILES string of the molecule is Cc1ccc(Cn2ccnc2CN(CC2CC2)C(=O)c2ccc(F)cc2)cc1. The van der Waals surface area contributed by atoms with Gasteiger partial charge in [-0.2, -0.15) is 0 Å². The van der Waals surface area contributed by atoms with Crippen LogP contribution in [0.5, 0.6) is 0 Å². The maximum Gasteiger partial charge on any atom is 0.254 e. The van der Waals surface area contributed by atoms with Crippen molar-refractivity contribution in [1.29, 1.82) is 0 Å². The molecule has 0 saturated heterocycles. The Bertz CT molecular complexity index is 943. The number of carbonyl (C=O) groups is 1. The van der Waals surface area contributed by atoms with Crippen LogP contribution in [0.4, 0.5) is 4.39 Å². The van der Waals surface area contributed by atoms with E-state index in [1.54, 1.807) is 18.3 Å². The Labute approximate surface area is 164 Å². The van der Waals surface area contributed by atoms with Gasteiger partial charge >= 0.3 is 0 Å². The lowest BCUT2D eigenvalue weighted by Gasteiger charge is -2.23. The molecule has 1 aliphatic rings. The van der Waals surface area contributed by atoms with Gasteiger partial charge in [0.1, 0.15) is 11.6 Å². The van der Waals surface area contributed by atoms with Crippen molar-refractivity contribution in [3.63, 3.8) is 0 Å². The van der Waals surface area contributed by atoms with Crippen LogP contribution in [0.2, 0.25) is 0 Å². The van der Waals surface area contributed by atoms with Crippen LogP contribution in [0, 0.1) is 18.7 Å². The van der Waals surface area contributed by atoms with Crippen LogP contribution in [0.15, 0.2) is 60.9 Å². The largest absolute Gasteiger partial charge is 0.331 e. The lowest BCUT2D eigenvalue weighted by atomic mass is 10.1. The summed E-state index contributed by atoms with van der Waals surface area (Å²) in [5.74, 6) is 1.01. The van der Waals surface area contributed by atoms with Crippen molar-refractivity contribution in [2.24, 2.45) is 5.92 Å². The second-order valence-corrected chi connectivity index (χ2v) is 7.59. The Kier molecular flexibility index (Phi) is 5.24. The first-order chi connectivity index (χ1) is 13.6. The fourth-order valence-electron chi connectivity index (χ4n) is 3.30. The van der Waals surface area contributed by atoms with E-state index in [1.807, 2.05) is 11.1 Å². The zero-order chi connectivity index (χ0) is 19.5. The minimum absolute atomic E-state index is 0.0724. The number of hydrogen-bond acceptors (Lipinski definition) is 2. The summed E-state index contributed by atoms with van der Waals surface area (Å²) in [4.78, 5) is 19.4. The molecular weight excluding hydrogens is 353 g/mol. The molecule has 0 aliphatic heterocycles. The molecule has 1 heterocycles. The molecule has 0 atom stereocenters. The molecule has 0 unspecified atom stereocenters. The Morgan fingerprint density at radius 2 is 1.86 bits per heavy atom. The molecule has 1 aliphatic carbocycles. The average molecular weight is 377 g/mol. The number of carbonyl (C=O) groups excluding carboxylic acids is 1. The quantitative estimate of drug-likeness (QED) is 0.611. The highest BCUT2D eigenvalue weighted by atomic mass is 19.1. The standard InChI is InChI=1S/C23H24FN3O/c1-17-2-4-18(5-3-17)14-26-13-12-25-22(26)16-27(15-19-6-7-19)23(28)20-8-10-21(24)11-9-20/h2-5,8-13,19H,6-7,14-16H2,1H3. The van der Waals surface area contributed by atoms with Gasteiger partial charge in [0.25, 0.3) is 5.91 Å². The maximum absolute atomic E-state index is 13.2. The summed E-state index contributed by atoms with van der Waals surface area (Å²) in [6, 6.07) is 14.2. The molecule has 28 heavy (non-hydrogen) atoms. The highest BCUT2D eigenvalue weighted by Gasteiger charge is 2.28. The molecule has 0 spiro atoms. The molecule has 4 nitrogen and oxygen atoms in total. The highest BCUT2D eigenvalue weighted by molar-refractivity contribution is 5.94. The third kappa shape index (κ3) is 4.47. The van der Waals surface area contributed by atoms with Crippen molar-refractivity contribution in [2.75, 3.05) is 6.54 Å². The van der Waals surface area contributed by atoms with Crippen molar-refractivity contribution < 1.29 is 9.18 Å². The number of hydrogen-bond donors (Lipinski definition) is 0.